The lowest BCUT2D eigenvalue weighted by Gasteiger charge is -2.11. The summed E-state index contributed by atoms with van der Waals surface area (Å²) >= 11 is 5.02. The molecule has 2 amide bonds. The molecule has 0 aromatic heterocycles. The van der Waals surface area contributed by atoms with Crippen molar-refractivity contribution in [3.05, 3.63) is 24.3 Å². The second-order valence-corrected chi connectivity index (χ2v) is 4.76. The van der Waals surface area contributed by atoms with Crippen molar-refractivity contribution in [1.82, 2.24) is 5.32 Å². The van der Waals surface area contributed by atoms with E-state index in [2.05, 4.69) is 16.0 Å². The summed E-state index contributed by atoms with van der Waals surface area (Å²) in [7, 11) is 0. The molecule has 102 valence electrons. The molecule has 0 aliphatic heterocycles. The predicted octanol–water partition coefficient (Wildman–Crippen LogP) is 2.11. The van der Waals surface area contributed by atoms with Crippen LogP contribution in [0.3, 0.4) is 0 Å². The fourth-order valence-corrected chi connectivity index (χ4v) is 1.48. The average molecular weight is 279 g/mol. The van der Waals surface area contributed by atoms with Crippen LogP contribution in [0.5, 0.6) is 0 Å². The number of anilines is 2. The molecule has 0 bridgehead atoms. The predicted molar refractivity (Wildman–Crippen MR) is 79.9 cm³/mol. The minimum atomic E-state index is -0.132. The Morgan fingerprint density at radius 1 is 1.05 bits per heavy atom. The Morgan fingerprint density at radius 2 is 1.53 bits per heavy atom. The molecule has 0 fully saturated rings. The van der Waals surface area contributed by atoms with Gasteiger partial charge in [0.15, 0.2) is 5.11 Å². The highest BCUT2D eigenvalue weighted by atomic mass is 32.1. The highest BCUT2D eigenvalue weighted by Gasteiger charge is 2.08. The first kappa shape index (κ1) is 15.1. The maximum Gasteiger partial charge on any atom is 0.228 e. The van der Waals surface area contributed by atoms with Gasteiger partial charge in [-0.3, -0.25) is 9.59 Å². The Morgan fingerprint density at radius 3 is 1.95 bits per heavy atom. The molecule has 0 aliphatic rings. The van der Waals surface area contributed by atoms with Gasteiger partial charge in [-0.05, 0) is 36.5 Å². The second kappa shape index (κ2) is 6.84. The maximum absolute atomic E-state index is 11.4. The number of amides is 2. The Kier molecular flexibility index (Phi) is 5.44. The van der Waals surface area contributed by atoms with Gasteiger partial charge in [0.05, 0.1) is 0 Å². The number of rotatable bonds is 3. The van der Waals surface area contributed by atoms with E-state index in [0.29, 0.717) is 5.69 Å². The van der Waals surface area contributed by atoms with Crippen LogP contribution in [0.2, 0.25) is 0 Å². The standard InChI is InChI=1S/C13H17N3O2S/c1-8(2)12(18)16-13(19)15-11-6-4-10(5-7-11)14-9(3)17/h4-8H,1-3H3,(H,14,17)(H2,15,16,18,19). The zero-order valence-corrected chi connectivity index (χ0v) is 11.9. The van der Waals surface area contributed by atoms with Crippen molar-refractivity contribution in [3.8, 4) is 0 Å². The molecule has 0 heterocycles. The smallest absolute Gasteiger partial charge is 0.228 e. The van der Waals surface area contributed by atoms with Crippen LogP contribution in [0.4, 0.5) is 11.4 Å². The number of carbonyl (C=O) groups excluding carboxylic acids is 2. The molecule has 3 N–H and O–H groups in total. The molecule has 19 heavy (non-hydrogen) atoms. The van der Waals surface area contributed by atoms with Gasteiger partial charge in [-0.25, -0.2) is 0 Å². The van der Waals surface area contributed by atoms with E-state index in [4.69, 9.17) is 12.2 Å². The molecule has 1 aromatic carbocycles. The van der Waals surface area contributed by atoms with E-state index in [0.717, 1.165) is 5.69 Å². The van der Waals surface area contributed by atoms with Crippen LogP contribution < -0.4 is 16.0 Å². The van der Waals surface area contributed by atoms with Crippen molar-refractivity contribution in [2.24, 2.45) is 5.92 Å². The highest BCUT2D eigenvalue weighted by molar-refractivity contribution is 7.80. The first-order valence-electron chi connectivity index (χ1n) is 5.88. The highest BCUT2D eigenvalue weighted by Crippen LogP contribution is 2.13. The number of carbonyl (C=O) groups is 2. The fraction of sp³-hybridized carbons (Fsp3) is 0.308. The van der Waals surface area contributed by atoms with E-state index < -0.39 is 0 Å². The van der Waals surface area contributed by atoms with Gasteiger partial charge in [-0.1, -0.05) is 13.8 Å². The quantitative estimate of drug-likeness (QED) is 0.741. The normalized spacial score (nSPS) is 9.89. The summed E-state index contributed by atoms with van der Waals surface area (Å²) in [6.45, 7) is 5.03. The summed E-state index contributed by atoms with van der Waals surface area (Å²) < 4.78 is 0. The monoisotopic (exact) mass is 279 g/mol. The number of hydrogen-bond donors (Lipinski definition) is 3. The van der Waals surface area contributed by atoms with Crippen LogP contribution in [-0.2, 0) is 9.59 Å². The van der Waals surface area contributed by atoms with Crippen LogP contribution in [0.25, 0.3) is 0 Å². The van der Waals surface area contributed by atoms with Crippen LogP contribution in [-0.4, -0.2) is 16.9 Å². The summed E-state index contributed by atoms with van der Waals surface area (Å²) in [6, 6.07) is 7.02. The van der Waals surface area contributed by atoms with E-state index in [1.54, 1.807) is 38.1 Å². The van der Waals surface area contributed by atoms with Crippen molar-refractivity contribution in [2.45, 2.75) is 20.8 Å². The van der Waals surface area contributed by atoms with Crippen LogP contribution in [0.15, 0.2) is 24.3 Å². The van der Waals surface area contributed by atoms with Crippen LogP contribution >= 0.6 is 12.2 Å². The van der Waals surface area contributed by atoms with E-state index in [9.17, 15) is 9.59 Å². The largest absolute Gasteiger partial charge is 0.332 e. The lowest BCUT2D eigenvalue weighted by atomic mass is 10.2. The molecule has 5 nitrogen and oxygen atoms in total. The molecule has 1 rings (SSSR count). The van der Waals surface area contributed by atoms with E-state index in [1.165, 1.54) is 6.92 Å². The summed E-state index contributed by atoms with van der Waals surface area (Å²) in [5, 5.41) is 8.40. The lowest BCUT2D eigenvalue weighted by Crippen LogP contribution is -2.36. The second-order valence-electron chi connectivity index (χ2n) is 4.36. The molecule has 0 unspecified atom stereocenters. The van der Waals surface area contributed by atoms with Crippen molar-refractivity contribution in [2.75, 3.05) is 10.6 Å². The Hall–Kier alpha value is -1.95. The lowest BCUT2D eigenvalue weighted by molar-refractivity contribution is -0.122. The van der Waals surface area contributed by atoms with Gasteiger partial charge in [-0.2, -0.15) is 0 Å². The van der Waals surface area contributed by atoms with Crippen molar-refractivity contribution >= 4 is 40.5 Å². The minimum absolute atomic E-state index is 0.123. The molecule has 0 radical (unpaired) electrons. The van der Waals surface area contributed by atoms with Crippen molar-refractivity contribution in [3.63, 3.8) is 0 Å². The Bertz CT molecular complexity index is 483. The van der Waals surface area contributed by atoms with E-state index >= 15 is 0 Å². The molecule has 0 saturated heterocycles. The molecule has 1 aromatic rings. The van der Waals surface area contributed by atoms with Gasteiger partial charge in [0.2, 0.25) is 11.8 Å². The first-order chi connectivity index (χ1) is 8.88. The van der Waals surface area contributed by atoms with Crippen LogP contribution in [0, 0.1) is 5.92 Å². The summed E-state index contributed by atoms with van der Waals surface area (Å²) in [4.78, 5) is 22.3. The maximum atomic E-state index is 11.4. The molecule has 0 saturated carbocycles. The summed E-state index contributed by atoms with van der Waals surface area (Å²) in [5.41, 5.74) is 1.44. The number of nitrogens with one attached hydrogen (secondary N) is 3. The SMILES string of the molecule is CC(=O)Nc1ccc(NC(=S)NC(=O)C(C)C)cc1. The topological polar surface area (TPSA) is 70.2 Å². The first-order valence-corrected chi connectivity index (χ1v) is 6.29. The van der Waals surface area contributed by atoms with Gasteiger partial charge in [0, 0.05) is 24.2 Å². The fourth-order valence-electron chi connectivity index (χ4n) is 1.26. The van der Waals surface area contributed by atoms with E-state index in [-0.39, 0.29) is 22.8 Å². The average Bonchev–Trinajstić information content (AvgIpc) is 2.30. The molecular weight excluding hydrogens is 262 g/mol. The minimum Gasteiger partial charge on any atom is -0.332 e. The third-order valence-electron chi connectivity index (χ3n) is 2.22. The summed E-state index contributed by atoms with van der Waals surface area (Å²) in [5.74, 6) is -0.380. The molecule has 0 aliphatic carbocycles. The van der Waals surface area contributed by atoms with Gasteiger partial charge in [0.1, 0.15) is 0 Å². The molecule has 0 spiro atoms. The molecule has 0 atom stereocenters. The Labute approximate surface area is 117 Å². The van der Waals surface area contributed by atoms with Crippen LogP contribution in [0.1, 0.15) is 20.8 Å². The summed E-state index contributed by atoms with van der Waals surface area (Å²) in [6.07, 6.45) is 0. The number of thiocarbonyl (C=S) groups is 1. The zero-order chi connectivity index (χ0) is 14.4. The molecular formula is C13H17N3O2S. The number of benzene rings is 1. The van der Waals surface area contributed by atoms with Crippen molar-refractivity contribution in [1.29, 1.82) is 0 Å². The van der Waals surface area contributed by atoms with Gasteiger partial charge in [0.25, 0.3) is 0 Å². The van der Waals surface area contributed by atoms with Crippen molar-refractivity contribution < 1.29 is 9.59 Å². The number of hydrogen-bond acceptors (Lipinski definition) is 3. The van der Waals surface area contributed by atoms with Gasteiger partial charge < -0.3 is 16.0 Å². The van der Waals surface area contributed by atoms with Gasteiger partial charge in [-0.15, -0.1) is 0 Å². The van der Waals surface area contributed by atoms with E-state index in [1.807, 2.05) is 0 Å². The zero-order valence-electron chi connectivity index (χ0n) is 11.1. The third kappa shape index (κ3) is 5.48. The Balaban J connectivity index is 2.55. The molecule has 6 heteroatoms. The third-order valence-corrected chi connectivity index (χ3v) is 2.43. The van der Waals surface area contributed by atoms with Gasteiger partial charge >= 0.3 is 0 Å².